The van der Waals surface area contributed by atoms with Crippen molar-refractivity contribution < 1.29 is 19.4 Å². The highest BCUT2D eigenvalue weighted by molar-refractivity contribution is 8.18. The normalized spacial score (nSPS) is 17.2. The van der Waals surface area contributed by atoms with Crippen LogP contribution in [0.15, 0.2) is 52.4 Å². The molecule has 2 aromatic rings. The van der Waals surface area contributed by atoms with Gasteiger partial charge in [-0.3, -0.25) is 9.69 Å². The van der Waals surface area contributed by atoms with E-state index in [1.165, 1.54) is 23.8 Å². The average Bonchev–Trinajstić information content (AvgIpc) is 2.90. The van der Waals surface area contributed by atoms with Crippen molar-refractivity contribution in [2.45, 2.75) is 0 Å². The van der Waals surface area contributed by atoms with E-state index in [9.17, 15) is 9.90 Å². The first-order valence-electron chi connectivity index (χ1n) is 7.79. The van der Waals surface area contributed by atoms with Crippen LogP contribution in [0.5, 0.6) is 17.2 Å². The lowest BCUT2D eigenvalue weighted by Crippen LogP contribution is -2.23. The molecule has 1 amide bonds. The van der Waals surface area contributed by atoms with Crippen molar-refractivity contribution in [1.82, 2.24) is 4.90 Å². The molecule has 1 aliphatic heterocycles. The second-order valence-electron chi connectivity index (χ2n) is 5.50. The van der Waals surface area contributed by atoms with E-state index in [2.05, 4.69) is 4.99 Å². The fourth-order valence-electron chi connectivity index (χ4n) is 2.37. The first kappa shape index (κ1) is 17.9. The summed E-state index contributed by atoms with van der Waals surface area (Å²) < 4.78 is 10.2. The topological polar surface area (TPSA) is 71.4 Å². The zero-order valence-electron chi connectivity index (χ0n) is 14.6. The van der Waals surface area contributed by atoms with Crippen molar-refractivity contribution in [3.05, 3.63) is 52.9 Å². The lowest BCUT2D eigenvalue weighted by atomic mass is 10.2. The number of hydrogen-bond donors (Lipinski definition) is 1. The Morgan fingerprint density at radius 1 is 1.12 bits per heavy atom. The van der Waals surface area contributed by atoms with Crippen molar-refractivity contribution in [3.8, 4) is 17.2 Å². The van der Waals surface area contributed by atoms with Gasteiger partial charge in [0, 0.05) is 7.05 Å². The van der Waals surface area contributed by atoms with Crippen LogP contribution < -0.4 is 9.47 Å². The molecular formula is C19H18N2O4S. The standard InChI is InChI=1S/C19H18N2O4S/c1-21-18(23)17(11-12-4-9-16(25-3)15(22)10-12)26-19(21)20-13-5-7-14(24-2)8-6-13/h4-11,22H,1-3H3. The molecule has 6 nitrogen and oxygen atoms in total. The molecule has 0 saturated carbocycles. The molecule has 26 heavy (non-hydrogen) atoms. The lowest BCUT2D eigenvalue weighted by molar-refractivity contribution is -0.121. The van der Waals surface area contributed by atoms with Crippen LogP contribution in [-0.2, 0) is 4.79 Å². The Balaban J connectivity index is 1.85. The number of nitrogens with zero attached hydrogens (tertiary/aromatic N) is 2. The molecule has 0 atom stereocenters. The second-order valence-corrected chi connectivity index (χ2v) is 6.51. The number of aromatic hydroxyl groups is 1. The highest BCUT2D eigenvalue weighted by atomic mass is 32.2. The summed E-state index contributed by atoms with van der Waals surface area (Å²) in [6.07, 6.45) is 1.72. The molecule has 3 rings (SSSR count). The zero-order chi connectivity index (χ0) is 18.7. The molecule has 0 unspecified atom stereocenters. The van der Waals surface area contributed by atoms with Crippen molar-refractivity contribution >= 4 is 34.6 Å². The summed E-state index contributed by atoms with van der Waals surface area (Å²) in [5.41, 5.74) is 1.44. The Hall–Kier alpha value is -2.93. The number of hydrogen-bond acceptors (Lipinski definition) is 6. The van der Waals surface area contributed by atoms with Crippen molar-refractivity contribution in [2.75, 3.05) is 21.3 Å². The minimum atomic E-state index is -0.141. The van der Waals surface area contributed by atoms with Crippen LogP contribution >= 0.6 is 11.8 Å². The smallest absolute Gasteiger partial charge is 0.266 e. The number of methoxy groups -OCH3 is 2. The molecular weight excluding hydrogens is 352 g/mol. The molecule has 1 saturated heterocycles. The third-order valence-corrected chi connectivity index (χ3v) is 4.86. The fraction of sp³-hybridized carbons (Fsp3) is 0.158. The maximum atomic E-state index is 12.5. The van der Waals surface area contributed by atoms with E-state index < -0.39 is 0 Å². The molecule has 1 fully saturated rings. The van der Waals surface area contributed by atoms with Crippen LogP contribution in [0.1, 0.15) is 5.56 Å². The third kappa shape index (κ3) is 3.67. The van der Waals surface area contributed by atoms with Crippen LogP contribution in [0.25, 0.3) is 6.08 Å². The van der Waals surface area contributed by atoms with Gasteiger partial charge in [-0.2, -0.15) is 0 Å². The van der Waals surface area contributed by atoms with Crippen LogP contribution in [-0.4, -0.2) is 42.3 Å². The number of ether oxygens (including phenoxy) is 2. The maximum absolute atomic E-state index is 12.5. The van der Waals surface area contributed by atoms with Gasteiger partial charge in [-0.15, -0.1) is 0 Å². The van der Waals surface area contributed by atoms with Gasteiger partial charge in [0.2, 0.25) is 0 Å². The van der Waals surface area contributed by atoms with E-state index >= 15 is 0 Å². The van der Waals surface area contributed by atoms with E-state index in [1.807, 2.05) is 24.3 Å². The molecule has 1 heterocycles. The predicted octanol–water partition coefficient (Wildman–Crippen LogP) is 3.64. The summed E-state index contributed by atoms with van der Waals surface area (Å²) in [6.45, 7) is 0. The Morgan fingerprint density at radius 2 is 1.85 bits per heavy atom. The van der Waals surface area contributed by atoms with Crippen molar-refractivity contribution in [1.29, 1.82) is 0 Å². The zero-order valence-corrected chi connectivity index (χ0v) is 15.4. The highest BCUT2D eigenvalue weighted by Gasteiger charge is 2.30. The quantitative estimate of drug-likeness (QED) is 0.832. The summed E-state index contributed by atoms with van der Waals surface area (Å²) in [7, 11) is 4.78. The number of thioether (sulfide) groups is 1. The largest absolute Gasteiger partial charge is 0.504 e. The molecule has 0 aliphatic carbocycles. The van der Waals surface area contributed by atoms with Gasteiger partial charge in [0.25, 0.3) is 5.91 Å². The van der Waals surface area contributed by atoms with E-state index in [-0.39, 0.29) is 11.7 Å². The number of benzene rings is 2. The fourth-order valence-corrected chi connectivity index (χ4v) is 3.35. The first-order valence-corrected chi connectivity index (χ1v) is 8.61. The molecule has 2 aromatic carbocycles. The van der Waals surface area contributed by atoms with Gasteiger partial charge in [-0.05, 0) is 59.8 Å². The van der Waals surface area contributed by atoms with Crippen molar-refractivity contribution in [2.24, 2.45) is 4.99 Å². The molecule has 0 radical (unpaired) electrons. The first-order chi connectivity index (χ1) is 12.5. The van der Waals surface area contributed by atoms with Crippen LogP contribution in [0.3, 0.4) is 0 Å². The van der Waals surface area contributed by atoms with Gasteiger partial charge in [-0.1, -0.05) is 6.07 Å². The number of carbonyl (C=O) groups excluding carboxylic acids is 1. The van der Waals surface area contributed by atoms with Crippen LogP contribution in [0, 0.1) is 0 Å². The summed E-state index contributed by atoms with van der Waals surface area (Å²) in [6, 6.07) is 12.3. The van der Waals surface area contributed by atoms with Gasteiger partial charge >= 0.3 is 0 Å². The number of phenolic OH excluding ortho intramolecular Hbond substituents is 1. The minimum absolute atomic E-state index is 0.0257. The summed E-state index contributed by atoms with van der Waals surface area (Å²) in [4.78, 5) is 19.0. The van der Waals surface area contributed by atoms with E-state index in [0.717, 1.165) is 11.4 Å². The van der Waals surface area contributed by atoms with Crippen LogP contribution in [0.4, 0.5) is 5.69 Å². The number of likely N-dealkylation sites (N-methyl/N-ethyl adjacent to an activating group) is 1. The number of phenols is 1. The Labute approximate surface area is 155 Å². The predicted molar refractivity (Wildman–Crippen MR) is 103 cm³/mol. The van der Waals surface area contributed by atoms with Gasteiger partial charge in [0.15, 0.2) is 16.7 Å². The van der Waals surface area contributed by atoms with Gasteiger partial charge in [0.1, 0.15) is 5.75 Å². The number of amidine groups is 1. The lowest BCUT2D eigenvalue weighted by Gasteiger charge is -2.07. The van der Waals surface area contributed by atoms with Crippen molar-refractivity contribution in [3.63, 3.8) is 0 Å². The number of amides is 1. The average molecular weight is 370 g/mol. The molecule has 1 N–H and O–H groups in total. The van der Waals surface area contributed by atoms with E-state index in [0.29, 0.717) is 21.4 Å². The minimum Gasteiger partial charge on any atom is -0.504 e. The van der Waals surface area contributed by atoms with Gasteiger partial charge in [0.05, 0.1) is 24.8 Å². The van der Waals surface area contributed by atoms with Gasteiger partial charge < -0.3 is 14.6 Å². The molecule has 7 heteroatoms. The monoisotopic (exact) mass is 370 g/mol. The number of aliphatic imine (C=N–C) groups is 1. The maximum Gasteiger partial charge on any atom is 0.266 e. The summed E-state index contributed by atoms with van der Waals surface area (Å²) in [5, 5.41) is 10.5. The SMILES string of the molecule is COc1ccc(N=C2SC(=Cc3ccc(OC)c(O)c3)C(=O)N2C)cc1. The molecule has 0 aromatic heterocycles. The van der Waals surface area contributed by atoms with Gasteiger partial charge in [-0.25, -0.2) is 4.99 Å². The molecule has 134 valence electrons. The Bertz CT molecular complexity index is 891. The summed E-state index contributed by atoms with van der Waals surface area (Å²) >= 11 is 1.29. The Kier molecular flexibility index (Phi) is 5.18. The van der Waals surface area contributed by atoms with E-state index in [1.54, 1.807) is 38.4 Å². The highest BCUT2D eigenvalue weighted by Crippen LogP contribution is 2.34. The third-order valence-electron chi connectivity index (χ3n) is 3.80. The molecule has 1 aliphatic rings. The Morgan fingerprint density at radius 3 is 2.46 bits per heavy atom. The second kappa shape index (κ2) is 7.53. The number of carbonyl (C=O) groups is 1. The number of rotatable bonds is 4. The molecule has 0 spiro atoms. The van der Waals surface area contributed by atoms with Crippen LogP contribution in [0.2, 0.25) is 0 Å². The van der Waals surface area contributed by atoms with E-state index in [4.69, 9.17) is 9.47 Å². The molecule has 0 bridgehead atoms. The summed E-state index contributed by atoms with van der Waals surface area (Å²) in [5.74, 6) is 1.02.